The fourth-order valence-corrected chi connectivity index (χ4v) is 8.55. The number of hydrogen-bond acceptors (Lipinski definition) is 7. The number of nitrogens with zero attached hydrogens (tertiary/aromatic N) is 7. The van der Waals surface area contributed by atoms with Crippen LogP contribution in [0.1, 0.15) is 72.7 Å². The van der Waals surface area contributed by atoms with E-state index in [-0.39, 0.29) is 35.4 Å². The number of aromatic nitrogens is 4. The van der Waals surface area contributed by atoms with Crippen LogP contribution >= 0.6 is 0 Å². The van der Waals surface area contributed by atoms with Crippen LogP contribution in [-0.4, -0.2) is 62.5 Å². The SMILES string of the molecule is [C-]#[N+]c1cnc2c(c1)S(=O)(=O)N(Cc1cc([C@H](c3ccn4c(C(F)(F)F)nnc4c3C)C(C)(C)C(=O)O)ccc1C)C[C@@H]1CCCCN21. The Balaban J connectivity index is 1.46. The van der Waals surface area contributed by atoms with Crippen molar-refractivity contribution < 1.29 is 31.5 Å². The van der Waals surface area contributed by atoms with E-state index < -0.39 is 39.3 Å². The number of carboxylic acid groups (broad SMARTS) is 1. The van der Waals surface area contributed by atoms with Gasteiger partial charge in [0, 0.05) is 44.0 Å². The number of carboxylic acids is 1. The van der Waals surface area contributed by atoms with E-state index in [9.17, 15) is 31.5 Å². The minimum atomic E-state index is -4.74. The van der Waals surface area contributed by atoms with Gasteiger partial charge in [0.1, 0.15) is 10.7 Å². The number of alkyl halides is 3. The molecule has 0 radical (unpaired) electrons. The molecule has 1 fully saturated rings. The molecule has 11 nitrogen and oxygen atoms in total. The highest BCUT2D eigenvalue weighted by atomic mass is 32.2. The first-order valence-electron chi connectivity index (χ1n) is 15.4. The molecule has 0 saturated carbocycles. The van der Waals surface area contributed by atoms with Gasteiger partial charge in [-0.3, -0.25) is 9.20 Å². The van der Waals surface area contributed by atoms with E-state index in [4.69, 9.17) is 6.57 Å². The third kappa shape index (κ3) is 5.56. The van der Waals surface area contributed by atoms with Crippen molar-refractivity contribution in [1.82, 2.24) is 23.9 Å². The Morgan fingerprint density at radius 2 is 1.90 bits per heavy atom. The number of aliphatic carboxylic acids is 1. The second-order valence-corrected chi connectivity index (χ2v) is 14.9. The van der Waals surface area contributed by atoms with Gasteiger partial charge in [-0.2, -0.15) is 17.5 Å². The number of rotatable bonds is 6. The van der Waals surface area contributed by atoms with Crippen LogP contribution in [0.4, 0.5) is 24.7 Å². The van der Waals surface area contributed by atoms with E-state index in [2.05, 4.69) is 20.0 Å². The third-order valence-corrected chi connectivity index (χ3v) is 11.5. The number of pyridine rings is 2. The van der Waals surface area contributed by atoms with Gasteiger partial charge in [-0.25, -0.2) is 18.2 Å². The summed E-state index contributed by atoms with van der Waals surface area (Å²) in [5.74, 6) is -2.82. The monoisotopic (exact) mass is 681 g/mol. The van der Waals surface area contributed by atoms with Gasteiger partial charge < -0.3 is 10.0 Å². The van der Waals surface area contributed by atoms with Crippen LogP contribution in [0.3, 0.4) is 0 Å². The van der Waals surface area contributed by atoms with Crippen molar-refractivity contribution in [3.8, 4) is 0 Å². The van der Waals surface area contributed by atoms with Crippen molar-refractivity contribution >= 4 is 33.1 Å². The molecule has 2 atom stereocenters. The average molecular weight is 682 g/mol. The van der Waals surface area contributed by atoms with Gasteiger partial charge in [0.2, 0.25) is 21.5 Å². The lowest BCUT2D eigenvalue weighted by Crippen LogP contribution is -2.45. The van der Waals surface area contributed by atoms with Gasteiger partial charge in [-0.1, -0.05) is 18.2 Å². The number of carbonyl (C=O) groups is 1. The van der Waals surface area contributed by atoms with Crippen molar-refractivity contribution in [1.29, 1.82) is 0 Å². The van der Waals surface area contributed by atoms with Crippen molar-refractivity contribution in [2.24, 2.45) is 5.41 Å². The van der Waals surface area contributed by atoms with E-state index in [0.29, 0.717) is 34.6 Å². The van der Waals surface area contributed by atoms with Crippen molar-refractivity contribution in [3.05, 3.63) is 87.8 Å². The fourth-order valence-electron chi connectivity index (χ4n) is 6.93. The van der Waals surface area contributed by atoms with Crippen LogP contribution in [-0.2, 0) is 27.5 Å². The first-order chi connectivity index (χ1) is 22.5. The first-order valence-corrected chi connectivity index (χ1v) is 16.9. The lowest BCUT2D eigenvalue weighted by molar-refractivity contribution is -0.147. The minimum Gasteiger partial charge on any atom is -0.481 e. The Kier molecular flexibility index (Phi) is 8.23. The van der Waals surface area contributed by atoms with E-state index in [0.717, 1.165) is 29.2 Å². The van der Waals surface area contributed by atoms with Gasteiger partial charge >= 0.3 is 12.1 Å². The Labute approximate surface area is 275 Å². The molecule has 0 aliphatic carbocycles. The van der Waals surface area contributed by atoms with Crippen LogP contribution in [0.25, 0.3) is 10.5 Å². The molecule has 6 rings (SSSR count). The molecule has 3 aromatic heterocycles. The highest BCUT2D eigenvalue weighted by Gasteiger charge is 2.43. The van der Waals surface area contributed by atoms with Crippen LogP contribution in [0.5, 0.6) is 0 Å². The molecule has 4 aromatic rings. The number of hydrogen-bond donors (Lipinski definition) is 1. The second kappa shape index (κ2) is 11.9. The van der Waals surface area contributed by atoms with E-state index >= 15 is 0 Å². The molecule has 1 aromatic carbocycles. The van der Waals surface area contributed by atoms with E-state index in [1.165, 1.54) is 28.8 Å². The smallest absolute Gasteiger partial charge is 0.452 e. The summed E-state index contributed by atoms with van der Waals surface area (Å²) in [6, 6.07) is 8.06. The second-order valence-electron chi connectivity index (χ2n) is 13.0. The number of anilines is 1. The Hall–Kier alpha value is -4.55. The van der Waals surface area contributed by atoms with Crippen LogP contribution in [0, 0.1) is 25.8 Å². The van der Waals surface area contributed by atoms with Gasteiger partial charge in [-0.05, 0) is 86.9 Å². The lowest BCUT2D eigenvalue weighted by atomic mass is 9.70. The van der Waals surface area contributed by atoms with Gasteiger partial charge in [0.15, 0.2) is 5.65 Å². The van der Waals surface area contributed by atoms with Crippen LogP contribution in [0.15, 0.2) is 47.6 Å². The number of fused-ring (bicyclic) bond motifs is 4. The van der Waals surface area contributed by atoms with Crippen molar-refractivity contribution in [2.75, 3.05) is 18.0 Å². The molecule has 48 heavy (non-hydrogen) atoms. The number of halogens is 3. The highest BCUT2D eigenvalue weighted by Crippen LogP contribution is 2.44. The summed E-state index contributed by atoms with van der Waals surface area (Å²) >= 11 is 0. The number of piperidine rings is 1. The first kappa shape index (κ1) is 33.4. The molecule has 0 amide bonds. The molecular formula is C33H34F3N7O4S. The van der Waals surface area contributed by atoms with Gasteiger partial charge in [0.05, 0.1) is 12.0 Å². The Morgan fingerprint density at radius 3 is 2.58 bits per heavy atom. The molecule has 15 heteroatoms. The Bertz CT molecular complexity index is 2090. The zero-order chi connectivity index (χ0) is 34.8. The summed E-state index contributed by atoms with van der Waals surface area (Å²) in [7, 11) is -4.11. The maximum absolute atomic E-state index is 14.3. The van der Waals surface area contributed by atoms with Crippen LogP contribution < -0.4 is 4.90 Å². The van der Waals surface area contributed by atoms with Crippen molar-refractivity contribution in [3.63, 3.8) is 0 Å². The summed E-state index contributed by atoms with van der Waals surface area (Å²) in [6.07, 6.45) is 0.445. The summed E-state index contributed by atoms with van der Waals surface area (Å²) in [4.78, 5) is 22.6. The lowest BCUT2D eigenvalue weighted by Gasteiger charge is -2.36. The summed E-state index contributed by atoms with van der Waals surface area (Å²) in [5.41, 5.74) is 1.40. The zero-order valence-electron chi connectivity index (χ0n) is 26.8. The number of sulfonamides is 1. The fraction of sp³-hybridized carbons (Fsp3) is 0.424. The Morgan fingerprint density at radius 1 is 1.15 bits per heavy atom. The molecule has 0 unspecified atom stereocenters. The molecule has 0 spiro atoms. The normalized spacial score (nSPS) is 18.9. The summed E-state index contributed by atoms with van der Waals surface area (Å²) in [5, 5.41) is 17.5. The number of aryl methyl sites for hydroxylation is 2. The minimum absolute atomic E-state index is 0.0189. The molecular weight excluding hydrogens is 647 g/mol. The average Bonchev–Trinajstić information content (AvgIpc) is 3.46. The quantitative estimate of drug-likeness (QED) is 0.242. The predicted molar refractivity (Wildman–Crippen MR) is 170 cm³/mol. The molecule has 252 valence electrons. The summed E-state index contributed by atoms with van der Waals surface area (Å²) in [6.45, 7) is 14.8. The largest absolute Gasteiger partial charge is 0.481 e. The maximum Gasteiger partial charge on any atom is 0.452 e. The molecule has 1 N–H and O–H groups in total. The highest BCUT2D eigenvalue weighted by molar-refractivity contribution is 7.89. The molecule has 1 saturated heterocycles. The van der Waals surface area contributed by atoms with Crippen molar-refractivity contribution in [2.45, 2.75) is 76.5 Å². The van der Waals surface area contributed by atoms with Gasteiger partial charge in [0.25, 0.3) is 0 Å². The molecule has 2 aliphatic heterocycles. The topological polar surface area (TPSA) is 125 Å². The van der Waals surface area contributed by atoms with E-state index in [1.54, 1.807) is 39.0 Å². The van der Waals surface area contributed by atoms with E-state index in [1.807, 2.05) is 11.8 Å². The van der Waals surface area contributed by atoms with Crippen LogP contribution in [0.2, 0.25) is 0 Å². The summed E-state index contributed by atoms with van der Waals surface area (Å²) < 4.78 is 71.6. The molecule has 0 bridgehead atoms. The molecule has 2 aliphatic rings. The third-order valence-electron chi connectivity index (χ3n) is 9.64. The van der Waals surface area contributed by atoms with Gasteiger partial charge in [-0.15, -0.1) is 10.2 Å². The maximum atomic E-state index is 14.3. The zero-order valence-corrected chi connectivity index (χ0v) is 27.6. The predicted octanol–water partition coefficient (Wildman–Crippen LogP) is 6.12. The standard InChI is InChI=1S/C33H34F3N7O4S/c1-19-9-10-21(27(32(3,4)31(44)45)25-11-13-43-28(20(25)2)39-40-30(43)33(34,35)36)14-22(19)17-41-18-24-8-6-7-12-42(24)29-26(48(41,46)47)15-23(37-5)16-38-29/h9-11,13-16,24,27H,6-8,12,17-18H2,1-4H3,(H,44,45)/t24-,27+/m0/s1. The molecule has 5 heterocycles. The number of benzene rings is 1.